The fraction of sp³-hybridized carbons (Fsp3) is 0.538. The molecule has 3 N–H and O–H groups in total. The standard InChI is InChI=1S/C13H18O5/c14-7-11-13(10(15)6-12(16)18-11)17-8-9-4-2-1-3-5-9/h1-5,10-16H,6-8H2/t10-,11-,12+,13+/m1/s1. The van der Waals surface area contributed by atoms with Crippen LogP contribution in [0.4, 0.5) is 0 Å². The molecule has 1 aromatic rings. The Morgan fingerprint density at radius 1 is 1.22 bits per heavy atom. The number of aliphatic hydroxyl groups excluding tert-OH is 3. The third-order valence-corrected chi connectivity index (χ3v) is 2.99. The molecule has 1 aliphatic heterocycles. The van der Waals surface area contributed by atoms with Crippen molar-refractivity contribution >= 4 is 0 Å². The highest BCUT2D eigenvalue weighted by molar-refractivity contribution is 5.13. The number of aliphatic hydroxyl groups is 3. The van der Waals surface area contributed by atoms with E-state index in [0.717, 1.165) is 5.56 Å². The first-order valence-electron chi connectivity index (χ1n) is 5.98. The summed E-state index contributed by atoms with van der Waals surface area (Å²) in [4.78, 5) is 0. The summed E-state index contributed by atoms with van der Waals surface area (Å²) in [6.07, 6.45) is -3.12. The van der Waals surface area contributed by atoms with E-state index in [1.165, 1.54) is 0 Å². The Bertz CT molecular complexity index is 356. The first kappa shape index (κ1) is 13.5. The van der Waals surface area contributed by atoms with E-state index in [-0.39, 0.29) is 13.0 Å². The van der Waals surface area contributed by atoms with Gasteiger partial charge in [-0.3, -0.25) is 0 Å². The van der Waals surface area contributed by atoms with Gasteiger partial charge in [0.2, 0.25) is 0 Å². The molecule has 4 atom stereocenters. The van der Waals surface area contributed by atoms with Crippen LogP contribution in [0, 0.1) is 0 Å². The smallest absolute Gasteiger partial charge is 0.157 e. The topological polar surface area (TPSA) is 79.2 Å². The molecule has 0 spiro atoms. The third kappa shape index (κ3) is 3.28. The highest BCUT2D eigenvalue weighted by Gasteiger charge is 2.37. The summed E-state index contributed by atoms with van der Waals surface area (Å²) in [6.45, 7) is 0.0338. The lowest BCUT2D eigenvalue weighted by molar-refractivity contribution is -0.252. The van der Waals surface area contributed by atoms with Gasteiger partial charge in [0.15, 0.2) is 6.29 Å². The van der Waals surface area contributed by atoms with Crippen molar-refractivity contribution in [1.82, 2.24) is 0 Å². The Hall–Kier alpha value is -0.980. The molecule has 5 heteroatoms. The molecule has 0 aromatic heterocycles. The quantitative estimate of drug-likeness (QED) is 0.706. The molecule has 5 nitrogen and oxygen atoms in total. The molecule has 1 heterocycles. The molecular formula is C13H18O5. The van der Waals surface area contributed by atoms with Crippen molar-refractivity contribution in [2.24, 2.45) is 0 Å². The zero-order valence-corrected chi connectivity index (χ0v) is 9.98. The number of hydrogen-bond acceptors (Lipinski definition) is 5. The van der Waals surface area contributed by atoms with E-state index >= 15 is 0 Å². The first-order valence-corrected chi connectivity index (χ1v) is 5.98. The monoisotopic (exact) mass is 254 g/mol. The van der Waals surface area contributed by atoms with Gasteiger partial charge in [-0.25, -0.2) is 0 Å². The number of ether oxygens (including phenoxy) is 2. The Morgan fingerprint density at radius 2 is 1.94 bits per heavy atom. The summed E-state index contributed by atoms with van der Waals surface area (Å²) < 4.78 is 10.7. The molecule has 0 unspecified atom stereocenters. The fourth-order valence-electron chi connectivity index (χ4n) is 2.06. The van der Waals surface area contributed by atoms with Gasteiger partial charge in [-0.2, -0.15) is 0 Å². The van der Waals surface area contributed by atoms with Crippen molar-refractivity contribution in [2.45, 2.75) is 37.6 Å². The molecule has 1 saturated heterocycles. The first-order chi connectivity index (χ1) is 8.70. The van der Waals surface area contributed by atoms with Gasteiger partial charge in [-0.1, -0.05) is 30.3 Å². The maximum absolute atomic E-state index is 9.84. The van der Waals surface area contributed by atoms with Gasteiger partial charge in [-0.15, -0.1) is 0 Å². The van der Waals surface area contributed by atoms with E-state index in [0.29, 0.717) is 6.61 Å². The molecule has 100 valence electrons. The minimum atomic E-state index is -1.05. The average Bonchev–Trinajstić information content (AvgIpc) is 2.38. The van der Waals surface area contributed by atoms with Gasteiger partial charge in [-0.05, 0) is 5.56 Å². The fourth-order valence-corrected chi connectivity index (χ4v) is 2.06. The second-order valence-corrected chi connectivity index (χ2v) is 4.38. The molecule has 0 aliphatic carbocycles. The number of hydrogen-bond donors (Lipinski definition) is 3. The van der Waals surface area contributed by atoms with Crippen LogP contribution in [0.3, 0.4) is 0 Å². The lowest BCUT2D eigenvalue weighted by Crippen LogP contribution is -2.51. The number of rotatable bonds is 4. The molecule has 0 radical (unpaired) electrons. The third-order valence-electron chi connectivity index (χ3n) is 2.99. The van der Waals surface area contributed by atoms with Crippen LogP contribution in [0.15, 0.2) is 30.3 Å². The Morgan fingerprint density at radius 3 is 2.61 bits per heavy atom. The van der Waals surface area contributed by atoms with Crippen LogP contribution in [0.2, 0.25) is 0 Å². The second kappa shape index (κ2) is 6.26. The van der Waals surface area contributed by atoms with Gasteiger partial charge in [0.25, 0.3) is 0 Å². The van der Waals surface area contributed by atoms with Gasteiger partial charge in [0, 0.05) is 6.42 Å². The van der Waals surface area contributed by atoms with Crippen molar-refractivity contribution < 1.29 is 24.8 Å². The van der Waals surface area contributed by atoms with Crippen LogP contribution in [-0.2, 0) is 16.1 Å². The zero-order valence-electron chi connectivity index (χ0n) is 9.98. The van der Waals surface area contributed by atoms with Crippen LogP contribution in [0.5, 0.6) is 0 Å². The van der Waals surface area contributed by atoms with Crippen molar-refractivity contribution in [3.63, 3.8) is 0 Å². The summed E-state index contributed by atoms with van der Waals surface area (Å²) in [6, 6.07) is 9.55. The summed E-state index contributed by atoms with van der Waals surface area (Å²) >= 11 is 0. The highest BCUT2D eigenvalue weighted by atomic mass is 16.6. The molecular weight excluding hydrogens is 236 g/mol. The Kier molecular flexibility index (Phi) is 4.68. The molecule has 0 bridgehead atoms. The predicted molar refractivity (Wildman–Crippen MR) is 63.6 cm³/mol. The maximum atomic E-state index is 9.84. The van der Waals surface area contributed by atoms with Crippen LogP contribution in [0.25, 0.3) is 0 Å². The molecule has 1 fully saturated rings. The second-order valence-electron chi connectivity index (χ2n) is 4.38. The molecule has 0 saturated carbocycles. The van der Waals surface area contributed by atoms with E-state index in [4.69, 9.17) is 14.6 Å². The van der Waals surface area contributed by atoms with Gasteiger partial charge in [0.1, 0.15) is 12.2 Å². The van der Waals surface area contributed by atoms with E-state index < -0.39 is 24.6 Å². The predicted octanol–water partition coefficient (Wildman–Crippen LogP) is 0.0323. The van der Waals surface area contributed by atoms with Crippen molar-refractivity contribution in [1.29, 1.82) is 0 Å². The van der Waals surface area contributed by atoms with Crippen LogP contribution in [-0.4, -0.2) is 46.5 Å². The van der Waals surface area contributed by atoms with Crippen LogP contribution >= 0.6 is 0 Å². The van der Waals surface area contributed by atoms with E-state index in [9.17, 15) is 10.2 Å². The summed E-state index contributed by atoms with van der Waals surface area (Å²) in [5.74, 6) is 0. The van der Waals surface area contributed by atoms with Crippen molar-refractivity contribution in [3.8, 4) is 0 Å². The van der Waals surface area contributed by atoms with Gasteiger partial charge in [0.05, 0.1) is 19.3 Å². The minimum absolute atomic E-state index is 0.0932. The summed E-state index contributed by atoms with van der Waals surface area (Å²) in [7, 11) is 0. The van der Waals surface area contributed by atoms with E-state index in [2.05, 4.69) is 0 Å². The number of benzene rings is 1. The van der Waals surface area contributed by atoms with Gasteiger partial charge >= 0.3 is 0 Å². The zero-order chi connectivity index (χ0) is 13.0. The summed E-state index contributed by atoms with van der Waals surface area (Å²) in [5, 5.41) is 28.3. The molecule has 1 aromatic carbocycles. The molecule has 0 amide bonds. The highest BCUT2D eigenvalue weighted by Crippen LogP contribution is 2.22. The lowest BCUT2D eigenvalue weighted by Gasteiger charge is -2.36. The van der Waals surface area contributed by atoms with Gasteiger partial charge < -0.3 is 24.8 Å². The molecule has 1 aliphatic rings. The normalized spacial score (nSPS) is 32.4. The van der Waals surface area contributed by atoms with E-state index in [1.807, 2.05) is 30.3 Å². The van der Waals surface area contributed by atoms with E-state index in [1.54, 1.807) is 0 Å². The molecule has 18 heavy (non-hydrogen) atoms. The molecule has 2 rings (SSSR count). The average molecular weight is 254 g/mol. The SMILES string of the molecule is OC[C@H]1O[C@H](O)C[C@@H](O)[C@@H]1OCc1ccccc1. The minimum Gasteiger partial charge on any atom is -0.394 e. The summed E-state index contributed by atoms with van der Waals surface area (Å²) in [5.41, 5.74) is 0.979. The Labute approximate surface area is 106 Å². The Balaban J connectivity index is 1.94. The van der Waals surface area contributed by atoms with Crippen LogP contribution in [0.1, 0.15) is 12.0 Å². The van der Waals surface area contributed by atoms with Crippen molar-refractivity contribution in [3.05, 3.63) is 35.9 Å². The lowest BCUT2D eigenvalue weighted by atomic mass is 10.0. The van der Waals surface area contributed by atoms with Crippen molar-refractivity contribution in [2.75, 3.05) is 6.61 Å². The van der Waals surface area contributed by atoms with Crippen LogP contribution < -0.4 is 0 Å². The largest absolute Gasteiger partial charge is 0.394 e. The maximum Gasteiger partial charge on any atom is 0.157 e.